The average molecular weight is 241 g/mol. The van der Waals surface area contributed by atoms with Crippen LogP contribution in [0.1, 0.15) is 24.0 Å². The Morgan fingerprint density at radius 1 is 1.22 bits per heavy atom. The van der Waals surface area contributed by atoms with Gasteiger partial charge in [-0.3, -0.25) is 0 Å². The Hall–Kier alpha value is -1.53. The van der Waals surface area contributed by atoms with E-state index in [0.717, 1.165) is 31.6 Å². The quantitative estimate of drug-likeness (QED) is 0.797. The maximum Gasteiger partial charge on any atom is 0.122 e. The van der Waals surface area contributed by atoms with E-state index < -0.39 is 0 Å². The van der Waals surface area contributed by atoms with E-state index in [-0.39, 0.29) is 10.8 Å². The molecule has 4 rings (SSSR count). The van der Waals surface area contributed by atoms with Gasteiger partial charge in [-0.05, 0) is 30.0 Å². The Balaban J connectivity index is 1.80. The zero-order valence-electron chi connectivity index (χ0n) is 10.2. The van der Waals surface area contributed by atoms with Crippen molar-refractivity contribution in [3.8, 4) is 11.8 Å². The van der Waals surface area contributed by atoms with Gasteiger partial charge in [-0.25, -0.2) is 0 Å². The molecule has 1 aromatic rings. The van der Waals surface area contributed by atoms with E-state index in [1.165, 1.54) is 11.1 Å². The predicted octanol–water partition coefficient (Wildman–Crippen LogP) is 2.19. The molecular formula is C15H15NO2. The van der Waals surface area contributed by atoms with Gasteiger partial charge in [-0.15, -0.1) is 0 Å². The predicted molar refractivity (Wildman–Crippen MR) is 65.4 cm³/mol. The van der Waals surface area contributed by atoms with E-state index in [9.17, 15) is 5.26 Å². The van der Waals surface area contributed by atoms with E-state index in [0.29, 0.717) is 13.2 Å². The minimum atomic E-state index is -0.168. The topological polar surface area (TPSA) is 42.2 Å². The summed E-state index contributed by atoms with van der Waals surface area (Å²) in [5.41, 5.74) is 2.34. The number of benzene rings is 1. The lowest BCUT2D eigenvalue weighted by Gasteiger charge is -2.45. The highest BCUT2D eigenvalue weighted by Crippen LogP contribution is 2.62. The van der Waals surface area contributed by atoms with Crippen LogP contribution in [0.5, 0.6) is 5.75 Å². The Morgan fingerprint density at radius 3 is 2.67 bits per heavy atom. The average Bonchev–Trinajstić information content (AvgIpc) is 2.99. The molecule has 0 amide bonds. The summed E-state index contributed by atoms with van der Waals surface area (Å²) in [6, 6.07) is 8.98. The van der Waals surface area contributed by atoms with Crippen molar-refractivity contribution in [3.05, 3.63) is 29.3 Å². The summed E-state index contributed by atoms with van der Waals surface area (Å²) in [7, 11) is 0. The fourth-order valence-corrected chi connectivity index (χ4v) is 3.33. The van der Waals surface area contributed by atoms with Gasteiger partial charge in [-0.2, -0.15) is 5.26 Å². The second-order valence-corrected chi connectivity index (χ2v) is 5.69. The molecule has 0 spiro atoms. The first-order valence-corrected chi connectivity index (χ1v) is 6.55. The smallest absolute Gasteiger partial charge is 0.122 e. The lowest BCUT2D eigenvalue weighted by Crippen LogP contribution is -2.53. The molecule has 3 aliphatic rings. The summed E-state index contributed by atoms with van der Waals surface area (Å²) in [4.78, 5) is 0. The SMILES string of the molecule is N#CC1(C2(c3ccc4c(c3)CCO4)COC2)CC1. The largest absolute Gasteiger partial charge is 0.493 e. The van der Waals surface area contributed by atoms with E-state index in [2.05, 4.69) is 24.3 Å². The summed E-state index contributed by atoms with van der Waals surface area (Å²) in [6.07, 6.45) is 3.01. The highest BCUT2D eigenvalue weighted by molar-refractivity contribution is 5.46. The molecule has 1 aliphatic carbocycles. The summed E-state index contributed by atoms with van der Waals surface area (Å²) in [5.74, 6) is 1.01. The van der Waals surface area contributed by atoms with Crippen LogP contribution in [0, 0.1) is 16.7 Å². The standard InChI is InChI=1S/C15H15NO2/c16-8-14(4-5-14)15(9-17-10-15)12-1-2-13-11(7-12)3-6-18-13/h1-2,7H,3-6,9-10H2. The molecule has 0 atom stereocenters. The number of rotatable bonds is 2. The minimum Gasteiger partial charge on any atom is -0.493 e. The lowest BCUT2D eigenvalue weighted by molar-refractivity contribution is -0.0867. The molecule has 2 aliphatic heterocycles. The molecule has 3 heteroatoms. The summed E-state index contributed by atoms with van der Waals surface area (Å²) < 4.78 is 11.0. The van der Waals surface area contributed by atoms with Crippen molar-refractivity contribution in [2.45, 2.75) is 24.7 Å². The van der Waals surface area contributed by atoms with E-state index in [1.54, 1.807) is 0 Å². The van der Waals surface area contributed by atoms with Crippen LogP contribution in [0.4, 0.5) is 0 Å². The zero-order valence-corrected chi connectivity index (χ0v) is 10.2. The van der Waals surface area contributed by atoms with Crippen LogP contribution in [0.15, 0.2) is 18.2 Å². The Kier molecular flexibility index (Phi) is 1.89. The van der Waals surface area contributed by atoms with Gasteiger partial charge in [0, 0.05) is 6.42 Å². The van der Waals surface area contributed by atoms with Gasteiger partial charge in [0.05, 0.1) is 36.7 Å². The van der Waals surface area contributed by atoms with Crippen molar-refractivity contribution in [2.75, 3.05) is 19.8 Å². The number of nitrogens with zero attached hydrogens (tertiary/aromatic N) is 1. The van der Waals surface area contributed by atoms with Gasteiger partial charge in [-0.1, -0.05) is 12.1 Å². The van der Waals surface area contributed by atoms with Gasteiger partial charge < -0.3 is 9.47 Å². The zero-order chi connectivity index (χ0) is 12.2. The van der Waals surface area contributed by atoms with Gasteiger partial charge in [0.15, 0.2) is 0 Å². The lowest BCUT2D eigenvalue weighted by atomic mass is 9.66. The molecule has 18 heavy (non-hydrogen) atoms. The first-order valence-electron chi connectivity index (χ1n) is 6.55. The summed E-state index contributed by atoms with van der Waals surface area (Å²) in [6.45, 7) is 2.17. The fraction of sp³-hybridized carbons (Fsp3) is 0.533. The molecule has 0 unspecified atom stereocenters. The Bertz CT molecular complexity index is 550. The van der Waals surface area contributed by atoms with Crippen LogP contribution >= 0.6 is 0 Å². The molecule has 92 valence electrons. The third-order valence-corrected chi connectivity index (χ3v) is 4.82. The molecule has 2 heterocycles. The first-order chi connectivity index (χ1) is 8.80. The molecule has 3 nitrogen and oxygen atoms in total. The maximum absolute atomic E-state index is 9.48. The molecule has 1 saturated carbocycles. The molecule has 0 aromatic heterocycles. The number of hydrogen-bond donors (Lipinski definition) is 0. The fourth-order valence-electron chi connectivity index (χ4n) is 3.33. The molecule has 2 fully saturated rings. The van der Waals surface area contributed by atoms with Crippen molar-refractivity contribution in [1.82, 2.24) is 0 Å². The monoisotopic (exact) mass is 241 g/mol. The summed E-state index contributed by atoms with van der Waals surface area (Å²) >= 11 is 0. The third-order valence-electron chi connectivity index (χ3n) is 4.82. The Labute approximate surface area is 106 Å². The van der Waals surface area contributed by atoms with Crippen LogP contribution in [-0.4, -0.2) is 19.8 Å². The van der Waals surface area contributed by atoms with Crippen LogP contribution in [0.25, 0.3) is 0 Å². The van der Waals surface area contributed by atoms with Gasteiger partial charge in [0.25, 0.3) is 0 Å². The van der Waals surface area contributed by atoms with Crippen LogP contribution in [0.2, 0.25) is 0 Å². The molecule has 0 radical (unpaired) electrons. The number of fused-ring (bicyclic) bond motifs is 1. The number of ether oxygens (including phenoxy) is 2. The van der Waals surface area contributed by atoms with Crippen molar-refractivity contribution in [1.29, 1.82) is 5.26 Å². The molecule has 1 saturated heterocycles. The Morgan fingerprint density at radius 2 is 2.06 bits per heavy atom. The summed E-state index contributed by atoms with van der Waals surface area (Å²) in [5, 5.41) is 9.48. The van der Waals surface area contributed by atoms with E-state index >= 15 is 0 Å². The van der Waals surface area contributed by atoms with E-state index in [1.807, 2.05) is 0 Å². The van der Waals surface area contributed by atoms with Crippen molar-refractivity contribution < 1.29 is 9.47 Å². The second-order valence-electron chi connectivity index (χ2n) is 5.69. The van der Waals surface area contributed by atoms with Crippen LogP contribution in [-0.2, 0) is 16.6 Å². The first kappa shape index (κ1) is 10.4. The molecule has 1 aromatic carbocycles. The van der Waals surface area contributed by atoms with Crippen molar-refractivity contribution >= 4 is 0 Å². The number of hydrogen-bond acceptors (Lipinski definition) is 3. The van der Waals surface area contributed by atoms with Gasteiger partial charge in [0.2, 0.25) is 0 Å². The van der Waals surface area contributed by atoms with Crippen molar-refractivity contribution in [3.63, 3.8) is 0 Å². The molecular weight excluding hydrogens is 226 g/mol. The molecule has 0 N–H and O–H groups in total. The van der Waals surface area contributed by atoms with Crippen molar-refractivity contribution in [2.24, 2.45) is 5.41 Å². The second kappa shape index (κ2) is 3.27. The third kappa shape index (κ3) is 1.12. The number of nitriles is 1. The van der Waals surface area contributed by atoms with Gasteiger partial charge in [0.1, 0.15) is 5.75 Å². The normalized spacial score (nSPS) is 25.5. The van der Waals surface area contributed by atoms with Gasteiger partial charge >= 0.3 is 0 Å². The van der Waals surface area contributed by atoms with Crippen LogP contribution < -0.4 is 4.74 Å². The highest BCUT2D eigenvalue weighted by Gasteiger charge is 2.64. The minimum absolute atomic E-state index is 0.0562. The van der Waals surface area contributed by atoms with E-state index in [4.69, 9.17) is 9.47 Å². The highest BCUT2D eigenvalue weighted by atomic mass is 16.5. The van der Waals surface area contributed by atoms with Crippen LogP contribution in [0.3, 0.4) is 0 Å². The maximum atomic E-state index is 9.48. The molecule has 0 bridgehead atoms.